The van der Waals surface area contributed by atoms with Crippen molar-refractivity contribution in [2.75, 3.05) is 0 Å². The summed E-state index contributed by atoms with van der Waals surface area (Å²) in [6, 6.07) is 19.3. The number of carbonyl (C=O) groups is 1. The minimum atomic E-state index is -0.366. The molecule has 1 aliphatic heterocycles. The van der Waals surface area contributed by atoms with Crippen LogP contribution in [0.25, 0.3) is 0 Å². The van der Waals surface area contributed by atoms with Crippen LogP contribution in [0.2, 0.25) is 0 Å². The zero-order valence-corrected chi connectivity index (χ0v) is 11.9. The van der Waals surface area contributed by atoms with Crippen LogP contribution >= 0.6 is 0 Å². The molecule has 0 spiro atoms. The Morgan fingerprint density at radius 2 is 1.82 bits per heavy atom. The van der Waals surface area contributed by atoms with Crippen molar-refractivity contribution < 1.29 is 14.5 Å². The quantitative estimate of drug-likeness (QED) is 0.863. The van der Waals surface area contributed by atoms with Crippen molar-refractivity contribution >= 4 is 11.6 Å². The number of oxime groups is 1. The van der Waals surface area contributed by atoms with Crippen LogP contribution in [-0.4, -0.2) is 11.6 Å². The highest BCUT2D eigenvalue weighted by molar-refractivity contribution is 6.38. The molecule has 0 aliphatic carbocycles. The van der Waals surface area contributed by atoms with Gasteiger partial charge in [0.05, 0.1) is 6.61 Å². The molecular formula is C17H16N2O3. The largest absolute Gasteiger partial charge is 0.387 e. The molecule has 2 aromatic rings. The number of amides is 1. The van der Waals surface area contributed by atoms with E-state index in [-0.39, 0.29) is 12.0 Å². The Morgan fingerprint density at radius 3 is 2.55 bits per heavy atom. The summed E-state index contributed by atoms with van der Waals surface area (Å²) in [5.41, 5.74) is 4.71. The molecule has 5 heteroatoms. The summed E-state index contributed by atoms with van der Waals surface area (Å²) in [5.74, 6) is -0.366. The van der Waals surface area contributed by atoms with E-state index in [1.165, 1.54) is 0 Å². The van der Waals surface area contributed by atoms with Gasteiger partial charge in [-0.2, -0.15) is 0 Å². The first-order chi connectivity index (χ1) is 10.8. The van der Waals surface area contributed by atoms with E-state index in [9.17, 15) is 4.79 Å². The van der Waals surface area contributed by atoms with Crippen molar-refractivity contribution in [3.63, 3.8) is 0 Å². The van der Waals surface area contributed by atoms with Gasteiger partial charge in [-0.15, -0.1) is 0 Å². The maximum atomic E-state index is 12.0. The van der Waals surface area contributed by atoms with Crippen LogP contribution < -0.4 is 5.48 Å². The van der Waals surface area contributed by atoms with Crippen LogP contribution in [0, 0.1) is 0 Å². The smallest absolute Gasteiger partial charge is 0.292 e. The fourth-order valence-corrected chi connectivity index (χ4v) is 2.18. The average molecular weight is 296 g/mol. The van der Waals surface area contributed by atoms with Gasteiger partial charge >= 0.3 is 0 Å². The number of hydrogen-bond donors (Lipinski definition) is 1. The van der Waals surface area contributed by atoms with E-state index in [2.05, 4.69) is 10.6 Å². The van der Waals surface area contributed by atoms with Crippen LogP contribution in [0.3, 0.4) is 0 Å². The molecule has 1 atom stereocenters. The Bertz CT molecular complexity index is 656. The summed E-state index contributed by atoms with van der Waals surface area (Å²) in [6.45, 7) is 0.308. The summed E-state index contributed by atoms with van der Waals surface area (Å²) in [6.07, 6.45) is 0.223. The molecule has 3 rings (SSSR count). The first kappa shape index (κ1) is 14.3. The Balaban J connectivity index is 1.47. The summed E-state index contributed by atoms with van der Waals surface area (Å²) in [7, 11) is 0. The second kappa shape index (κ2) is 6.87. The fraction of sp³-hybridized carbons (Fsp3) is 0.176. The second-order valence-electron chi connectivity index (χ2n) is 4.95. The minimum absolute atomic E-state index is 0.212. The van der Waals surface area contributed by atoms with Gasteiger partial charge in [-0.3, -0.25) is 9.63 Å². The topological polar surface area (TPSA) is 59.9 Å². The van der Waals surface area contributed by atoms with E-state index < -0.39 is 0 Å². The predicted octanol–water partition coefficient (Wildman–Crippen LogP) is 2.75. The van der Waals surface area contributed by atoms with Crippen LogP contribution in [0.15, 0.2) is 65.8 Å². The van der Waals surface area contributed by atoms with Crippen molar-refractivity contribution in [1.82, 2.24) is 5.48 Å². The molecule has 5 nitrogen and oxygen atoms in total. The lowest BCUT2D eigenvalue weighted by Gasteiger charge is -2.07. The van der Waals surface area contributed by atoms with E-state index >= 15 is 0 Å². The Labute approximate surface area is 128 Å². The molecule has 0 radical (unpaired) electrons. The third-order valence-electron chi connectivity index (χ3n) is 3.35. The summed E-state index contributed by atoms with van der Waals surface area (Å²) < 4.78 is 0. The van der Waals surface area contributed by atoms with Crippen molar-refractivity contribution in [3.05, 3.63) is 71.8 Å². The Morgan fingerprint density at radius 1 is 1.14 bits per heavy atom. The number of rotatable bonds is 5. The molecule has 112 valence electrons. The van der Waals surface area contributed by atoms with Gasteiger partial charge in [-0.05, 0) is 11.1 Å². The van der Waals surface area contributed by atoms with Crippen LogP contribution in [-0.2, 0) is 21.1 Å². The molecule has 0 fully saturated rings. The van der Waals surface area contributed by atoms with Crippen molar-refractivity contribution in [2.24, 2.45) is 5.16 Å². The molecule has 1 aliphatic rings. The summed E-state index contributed by atoms with van der Waals surface area (Å²) in [5, 5.41) is 3.84. The monoisotopic (exact) mass is 296 g/mol. The number of nitrogens with one attached hydrogen (secondary N) is 1. The lowest BCUT2D eigenvalue weighted by Crippen LogP contribution is -2.30. The molecule has 1 N–H and O–H groups in total. The normalized spacial score (nSPS) is 16.7. The predicted molar refractivity (Wildman–Crippen MR) is 81.7 cm³/mol. The first-order valence-corrected chi connectivity index (χ1v) is 7.06. The lowest BCUT2D eigenvalue weighted by molar-refractivity contribution is -0.127. The Kier molecular flexibility index (Phi) is 4.46. The van der Waals surface area contributed by atoms with E-state index in [1.807, 2.05) is 60.7 Å². The van der Waals surface area contributed by atoms with Gasteiger partial charge in [0.25, 0.3) is 5.91 Å². The van der Waals surface area contributed by atoms with Crippen LogP contribution in [0.5, 0.6) is 0 Å². The average Bonchev–Trinajstić information content (AvgIpc) is 3.07. The maximum Gasteiger partial charge on any atom is 0.292 e. The Hall–Kier alpha value is -2.66. The lowest BCUT2D eigenvalue weighted by atomic mass is 10.0. The number of carbonyl (C=O) groups excluding carboxylic acids is 1. The molecule has 0 bridgehead atoms. The first-order valence-electron chi connectivity index (χ1n) is 7.06. The van der Waals surface area contributed by atoms with E-state index in [0.29, 0.717) is 18.7 Å². The molecule has 1 unspecified atom stereocenters. The van der Waals surface area contributed by atoms with Gasteiger partial charge in [0, 0.05) is 6.42 Å². The summed E-state index contributed by atoms with van der Waals surface area (Å²) in [4.78, 5) is 22.5. The maximum absolute atomic E-state index is 12.0. The molecule has 0 saturated heterocycles. The molecule has 22 heavy (non-hydrogen) atoms. The van der Waals surface area contributed by atoms with E-state index in [4.69, 9.17) is 9.68 Å². The molecule has 0 saturated carbocycles. The van der Waals surface area contributed by atoms with E-state index in [1.54, 1.807) is 0 Å². The molecule has 0 aromatic heterocycles. The standard InChI is InChI=1S/C17H16N2O3/c20-17(19-21-12-13-7-3-1-4-8-13)15-11-16(22-18-15)14-9-5-2-6-10-14/h1-10,16H,11-12H2,(H,19,20). The minimum Gasteiger partial charge on any atom is -0.387 e. The molecule has 2 aromatic carbocycles. The van der Waals surface area contributed by atoms with Gasteiger partial charge in [-0.1, -0.05) is 65.8 Å². The zero-order chi connectivity index (χ0) is 15.2. The number of benzene rings is 2. The fourth-order valence-electron chi connectivity index (χ4n) is 2.18. The van der Waals surface area contributed by atoms with Crippen molar-refractivity contribution in [1.29, 1.82) is 0 Å². The highest BCUT2D eigenvalue weighted by atomic mass is 16.7. The molecular weight excluding hydrogens is 280 g/mol. The van der Waals surface area contributed by atoms with Gasteiger partial charge in [0.15, 0.2) is 11.8 Å². The van der Waals surface area contributed by atoms with Crippen LogP contribution in [0.4, 0.5) is 0 Å². The SMILES string of the molecule is O=C(NOCc1ccccc1)C1=NOC(c2ccccc2)C1. The highest BCUT2D eigenvalue weighted by Crippen LogP contribution is 2.26. The third kappa shape index (κ3) is 3.51. The zero-order valence-electron chi connectivity index (χ0n) is 11.9. The van der Waals surface area contributed by atoms with Crippen molar-refractivity contribution in [3.8, 4) is 0 Å². The molecule has 1 heterocycles. The number of nitrogens with zero attached hydrogens (tertiary/aromatic N) is 1. The highest BCUT2D eigenvalue weighted by Gasteiger charge is 2.27. The van der Waals surface area contributed by atoms with Crippen LogP contribution in [0.1, 0.15) is 23.7 Å². The van der Waals surface area contributed by atoms with E-state index in [0.717, 1.165) is 11.1 Å². The van der Waals surface area contributed by atoms with Gasteiger partial charge in [-0.25, -0.2) is 5.48 Å². The molecule has 1 amide bonds. The third-order valence-corrected chi connectivity index (χ3v) is 3.35. The van der Waals surface area contributed by atoms with Gasteiger partial charge < -0.3 is 4.84 Å². The number of hydroxylamine groups is 1. The summed E-state index contributed by atoms with van der Waals surface area (Å²) >= 11 is 0. The van der Waals surface area contributed by atoms with Gasteiger partial charge in [0.1, 0.15) is 0 Å². The van der Waals surface area contributed by atoms with Gasteiger partial charge in [0.2, 0.25) is 0 Å². The number of hydrogen-bond acceptors (Lipinski definition) is 4. The second-order valence-corrected chi connectivity index (χ2v) is 4.95. The van der Waals surface area contributed by atoms with Crippen molar-refractivity contribution in [2.45, 2.75) is 19.1 Å².